The molecule has 0 aliphatic heterocycles. The molecule has 25 heavy (non-hydrogen) atoms. The van der Waals surface area contributed by atoms with Crippen molar-refractivity contribution >= 4 is 0 Å². The summed E-state index contributed by atoms with van der Waals surface area (Å²) in [6, 6.07) is 12.8. The zero-order valence-corrected chi connectivity index (χ0v) is 16.0. The van der Waals surface area contributed by atoms with Crippen LogP contribution >= 0.6 is 0 Å². The number of benzene rings is 2. The number of hydrogen-bond acceptors (Lipinski definition) is 1. The van der Waals surface area contributed by atoms with E-state index in [-0.39, 0.29) is 12.2 Å². The van der Waals surface area contributed by atoms with Crippen LogP contribution in [0.5, 0.6) is 0 Å². The van der Waals surface area contributed by atoms with Crippen molar-refractivity contribution < 1.29 is 4.74 Å². The van der Waals surface area contributed by atoms with E-state index >= 15 is 0 Å². The van der Waals surface area contributed by atoms with Gasteiger partial charge in [-0.05, 0) is 61.1 Å². The van der Waals surface area contributed by atoms with Gasteiger partial charge >= 0.3 is 0 Å². The molecule has 0 aliphatic rings. The SMILES string of the molecule is C=CC(Cc1c(C)cccc1C)OC(C=C)Cc1c(C)cccc1C. The van der Waals surface area contributed by atoms with Gasteiger partial charge in [0.2, 0.25) is 0 Å². The third-order valence-corrected chi connectivity index (χ3v) is 4.97. The van der Waals surface area contributed by atoms with Gasteiger partial charge in [-0.25, -0.2) is 0 Å². The molecule has 0 bridgehead atoms. The summed E-state index contributed by atoms with van der Waals surface area (Å²) >= 11 is 0. The smallest absolute Gasteiger partial charge is 0.0801 e. The largest absolute Gasteiger partial charge is 0.366 e. The molecule has 2 aromatic carbocycles. The minimum absolute atomic E-state index is 0.0212. The molecule has 2 atom stereocenters. The van der Waals surface area contributed by atoms with Gasteiger partial charge in [-0.15, -0.1) is 13.2 Å². The van der Waals surface area contributed by atoms with Crippen LogP contribution in [0.15, 0.2) is 61.7 Å². The van der Waals surface area contributed by atoms with Gasteiger partial charge < -0.3 is 4.74 Å². The Morgan fingerprint density at radius 3 is 1.32 bits per heavy atom. The molecule has 0 fully saturated rings. The Balaban J connectivity index is 2.13. The molecule has 0 heterocycles. The molecule has 0 amide bonds. The predicted molar refractivity (Wildman–Crippen MR) is 108 cm³/mol. The van der Waals surface area contributed by atoms with E-state index in [0.29, 0.717) is 0 Å². The van der Waals surface area contributed by atoms with E-state index in [0.717, 1.165) is 12.8 Å². The van der Waals surface area contributed by atoms with Crippen LogP contribution < -0.4 is 0 Å². The highest BCUT2D eigenvalue weighted by Crippen LogP contribution is 2.21. The standard InChI is InChI=1S/C24H30O/c1-7-21(15-23-17(3)11-9-12-18(23)4)25-22(8-2)16-24-19(5)13-10-14-20(24)6/h7-14,21-22H,1-2,15-16H2,3-6H3. The topological polar surface area (TPSA) is 9.23 Å². The lowest BCUT2D eigenvalue weighted by Crippen LogP contribution is -2.24. The second-order valence-electron chi connectivity index (χ2n) is 6.83. The van der Waals surface area contributed by atoms with E-state index < -0.39 is 0 Å². The van der Waals surface area contributed by atoms with Crippen molar-refractivity contribution in [3.8, 4) is 0 Å². The van der Waals surface area contributed by atoms with Gasteiger partial charge in [-0.2, -0.15) is 0 Å². The van der Waals surface area contributed by atoms with E-state index in [1.807, 2.05) is 12.2 Å². The summed E-state index contributed by atoms with van der Waals surface area (Å²) in [6.07, 6.45) is 5.47. The van der Waals surface area contributed by atoms with Crippen LogP contribution in [-0.4, -0.2) is 12.2 Å². The summed E-state index contributed by atoms with van der Waals surface area (Å²) in [7, 11) is 0. The minimum Gasteiger partial charge on any atom is -0.366 e. The first kappa shape index (κ1) is 19.2. The third kappa shape index (κ3) is 4.93. The van der Waals surface area contributed by atoms with E-state index in [2.05, 4.69) is 77.3 Å². The predicted octanol–water partition coefficient (Wildman–Crippen LogP) is 5.83. The van der Waals surface area contributed by atoms with Crippen molar-refractivity contribution in [3.63, 3.8) is 0 Å². The summed E-state index contributed by atoms with van der Waals surface area (Å²) in [5.41, 5.74) is 7.92. The molecule has 2 unspecified atom stereocenters. The third-order valence-electron chi connectivity index (χ3n) is 4.97. The van der Waals surface area contributed by atoms with Crippen molar-refractivity contribution in [2.75, 3.05) is 0 Å². The summed E-state index contributed by atoms with van der Waals surface area (Å²) in [5.74, 6) is 0. The molecule has 0 saturated carbocycles. The molecule has 2 aromatic rings. The lowest BCUT2D eigenvalue weighted by Gasteiger charge is -2.23. The van der Waals surface area contributed by atoms with Gasteiger partial charge in [0.25, 0.3) is 0 Å². The fourth-order valence-electron chi connectivity index (χ4n) is 3.34. The van der Waals surface area contributed by atoms with Crippen molar-refractivity contribution in [2.45, 2.75) is 52.7 Å². The Bertz CT molecular complexity index is 638. The fourth-order valence-corrected chi connectivity index (χ4v) is 3.34. The van der Waals surface area contributed by atoms with Crippen LogP contribution in [0.4, 0.5) is 0 Å². The molecule has 2 rings (SSSR count). The van der Waals surface area contributed by atoms with Crippen LogP contribution in [0.2, 0.25) is 0 Å². The number of hydrogen-bond donors (Lipinski definition) is 0. The molecule has 0 aliphatic carbocycles. The van der Waals surface area contributed by atoms with Crippen LogP contribution in [0.1, 0.15) is 33.4 Å². The Morgan fingerprint density at radius 2 is 1.04 bits per heavy atom. The molecule has 132 valence electrons. The van der Waals surface area contributed by atoms with E-state index in [1.54, 1.807) is 0 Å². The van der Waals surface area contributed by atoms with E-state index in [4.69, 9.17) is 4.74 Å². The first-order chi connectivity index (χ1) is 12.0. The fraction of sp³-hybridized carbons (Fsp3) is 0.333. The zero-order chi connectivity index (χ0) is 18.4. The van der Waals surface area contributed by atoms with Crippen molar-refractivity contribution in [1.82, 2.24) is 0 Å². The zero-order valence-electron chi connectivity index (χ0n) is 16.0. The molecule has 1 heteroatoms. The van der Waals surface area contributed by atoms with Crippen molar-refractivity contribution in [1.29, 1.82) is 0 Å². The molecule has 0 N–H and O–H groups in total. The number of rotatable bonds is 8. The van der Waals surface area contributed by atoms with Crippen LogP contribution in [0.3, 0.4) is 0 Å². The summed E-state index contributed by atoms with van der Waals surface area (Å²) < 4.78 is 6.34. The Kier molecular flexibility index (Phi) is 6.78. The maximum Gasteiger partial charge on any atom is 0.0801 e. The number of aryl methyl sites for hydroxylation is 4. The first-order valence-electron chi connectivity index (χ1n) is 8.97. The highest BCUT2D eigenvalue weighted by molar-refractivity contribution is 5.35. The van der Waals surface area contributed by atoms with Crippen LogP contribution in [-0.2, 0) is 17.6 Å². The van der Waals surface area contributed by atoms with Crippen LogP contribution in [0, 0.1) is 27.7 Å². The molecule has 0 aromatic heterocycles. The average molecular weight is 335 g/mol. The molecular formula is C24H30O. The second-order valence-corrected chi connectivity index (χ2v) is 6.83. The lowest BCUT2D eigenvalue weighted by molar-refractivity contribution is 0.0421. The van der Waals surface area contributed by atoms with Gasteiger partial charge in [-0.1, -0.05) is 48.6 Å². The molecular weight excluding hydrogens is 304 g/mol. The highest BCUT2D eigenvalue weighted by atomic mass is 16.5. The summed E-state index contributed by atoms with van der Waals surface area (Å²) in [6.45, 7) is 16.6. The van der Waals surface area contributed by atoms with Gasteiger partial charge in [0.1, 0.15) is 0 Å². The van der Waals surface area contributed by atoms with Gasteiger partial charge in [0, 0.05) is 12.8 Å². The molecule has 0 radical (unpaired) electrons. The summed E-state index contributed by atoms with van der Waals surface area (Å²) in [4.78, 5) is 0. The first-order valence-corrected chi connectivity index (χ1v) is 8.97. The Labute approximate surface area is 153 Å². The highest BCUT2D eigenvalue weighted by Gasteiger charge is 2.16. The number of ether oxygens (including phenoxy) is 1. The Hall–Kier alpha value is -2.12. The monoisotopic (exact) mass is 334 g/mol. The van der Waals surface area contributed by atoms with E-state index in [9.17, 15) is 0 Å². The maximum absolute atomic E-state index is 6.34. The van der Waals surface area contributed by atoms with Crippen LogP contribution in [0.25, 0.3) is 0 Å². The van der Waals surface area contributed by atoms with Gasteiger partial charge in [0.15, 0.2) is 0 Å². The average Bonchev–Trinajstić information content (AvgIpc) is 2.59. The van der Waals surface area contributed by atoms with Crippen molar-refractivity contribution in [3.05, 3.63) is 95.1 Å². The molecule has 0 saturated heterocycles. The normalized spacial score (nSPS) is 13.3. The quantitative estimate of drug-likeness (QED) is 0.552. The molecule has 0 spiro atoms. The van der Waals surface area contributed by atoms with Crippen molar-refractivity contribution in [2.24, 2.45) is 0 Å². The van der Waals surface area contributed by atoms with Gasteiger partial charge in [-0.3, -0.25) is 0 Å². The maximum atomic E-state index is 6.34. The summed E-state index contributed by atoms with van der Waals surface area (Å²) in [5, 5.41) is 0. The van der Waals surface area contributed by atoms with Gasteiger partial charge in [0.05, 0.1) is 12.2 Å². The lowest BCUT2D eigenvalue weighted by atomic mass is 9.96. The van der Waals surface area contributed by atoms with E-state index in [1.165, 1.54) is 33.4 Å². The second kappa shape index (κ2) is 8.82. The minimum atomic E-state index is -0.0212. The Morgan fingerprint density at radius 1 is 0.720 bits per heavy atom. The molecule has 1 nitrogen and oxygen atoms in total.